The van der Waals surface area contributed by atoms with Crippen LogP contribution in [0, 0.1) is 0 Å². The zero-order valence-electron chi connectivity index (χ0n) is 11.5. The van der Waals surface area contributed by atoms with E-state index < -0.39 is 0 Å². The van der Waals surface area contributed by atoms with Gasteiger partial charge in [-0.3, -0.25) is 4.90 Å². The van der Waals surface area contributed by atoms with E-state index in [0.29, 0.717) is 12.4 Å². The Balaban J connectivity index is 2.28. The maximum absolute atomic E-state index is 5.67. The van der Waals surface area contributed by atoms with Crippen molar-refractivity contribution in [3.05, 3.63) is 36.8 Å². The minimum absolute atomic E-state index is 0.583. The van der Waals surface area contributed by atoms with Crippen LogP contribution in [0.2, 0.25) is 0 Å². The summed E-state index contributed by atoms with van der Waals surface area (Å²) in [5.74, 6) is 1.30. The summed E-state index contributed by atoms with van der Waals surface area (Å²) in [5.41, 5.74) is 0. The summed E-state index contributed by atoms with van der Waals surface area (Å²) in [7, 11) is 1.59. The molecule has 0 saturated carbocycles. The monoisotopic (exact) mass is 251 g/mol. The first-order valence-electron chi connectivity index (χ1n) is 6.68. The molecule has 1 fully saturated rings. The van der Waals surface area contributed by atoms with E-state index in [4.69, 9.17) is 9.47 Å². The Kier molecular flexibility index (Phi) is 7.26. The molecule has 0 radical (unpaired) electrons. The highest BCUT2D eigenvalue weighted by Gasteiger charge is 2.08. The quantitative estimate of drug-likeness (QED) is 0.512. The third kappa shape index (κ3) is 5.92. The molecule has 0 aromatic rings. The molecule has 102 valence electrons. The smallest absolute Gasteiger partial charge is 0.122 e. The van der Waals surface area contributed by atoms with E-state index in [-0.39, 0.29) is 0 Å². The van der Waals surface area contributed by atoms with Gasteiger partial charge in [-0.2, -0.15) is 0 Å². The maximum atomic E-state index is 5.67. The third-order valence-corrected chi connectivity index (χ3v) is 3.14. The fraction of sp³-hybridized carbons (Fsp3) is 0.600. The van der Waals surface area contributed by atoms with E-state index in [0.717, 1.165) is 12.3 Å². The van der Waals surface area contributed by atoms with Gasteiger partial charge in [-0.15, -0.1) is 0 Å². The lowest BCUT2D eigenvalue weighted by atomic mass is 10.2. The maximum Gasteiger partial charge on any atom is 0.122 e. The standard InChI is InChI=1S/C15H25NO2/c1-4-15(13-14(2)17-3)18-12-11-16-9-7-5-6-8-10-16/h4,13H,1-2,5-12H2,3H3. The summed E-state index contributed by atoms with van der Waals surface area (Å²) < 4.78 is 10.7. The number of likely N-dealkylation sites (tertiary alicyclic amines) is 1. The Morgan fingerprint density at radius 1 is 1.22 bits per heavy atom. The molecule has 1 aliphatic heterocycles. The summed E-state index contributed by atoms with van der Waals surface area (Å²) in [6.45, 7) is 11.5. The molecule has 0 N–H and O–H groups in total. The first kappa shape index (κ1) is 14.8. The number of hydrogen-bond donors (Lipinski definition) is 0. The minimum atomic E-state index is 0.583. The second-order valence-electron chi connectivity index (χ2n) is 4.53. The van der Waals surface area contributed by atoms with Crippen LogP contribution in [-0.2, 0) is 9.47 Å². The van der Waals surface area contributed by atoms with Crippen LogP contribution < -0.4 is 0 Å². The number of rotatable bonds is 7. The van der Waals surface area contributed by atoms with E-state index in [1.165, 1.54) is 38.8 Å². The number of nitrogens with zero attached hydrogens (tertiary/aromatic N) is 1. The lowest BCUT2D eigenvalue weighted by Crippen LogP contribution is -2.28. The van der Waals surface area contributed by atoms with Gasteiger partial charge in [-0.25, -0.2) is 0 Å². The van der Waals surface area contributed by atoms with Crippen molar-refractivity contribution in [1.82, 2.24) is 4.90 Å². The van der Waals surface area contributed by atoms with Gasteiger partial charge < -0.3 is 9.47 Å². The van der Waals surface area contributed by atoms with E-state index in [9.17, 15) is 0 Å². The normalized spacial score (nSPS) is 17.9. The van der Waals surface area contributed by atoms with Crippen LogP contribution in [0.4, 0.5) is 0 Å². The van der Waals surface area contributed by atoms with Crippen molar-refractivity contribution in [3.63, 3.8) is 0 Å². The van der Waals surface area contributed by atoms with Crippen LogP contribution in [0.25, 0.3) is 0 Å². The van der Waals surface area contributed by atoms with Crippen molar-refractivity contribution in [3.8, 4) is 0 Å². The molecule has 0 bridgehead atoms. The van der Waals surface area contributed by atoms with E-state index in [2.05, 4.69) is 18.1 Å². The van der Waals surface area contributed by atoms with E-state index in [1.54, 1.807) is 19.3 Å². The Hall–Kier alpha value is -1.22. The van der Waals surface area contributed by atoms with Crippen LogP contribution in [-0.4, -0.2) is 38.3 Å². The molecule has 0 aliphatic carbocycles. The molecule has 0 spiro atoms. The Labute approximate surface area is 111 Å². The summed E-state index contributed by atoms with van der Waals surface area (Å²) in [6, 6.07) is 0. The van der Waals surface area contributed by atoms with Crippen LogP contribution >= 0.6 is 0 Å². The zero-order chi connectivity index (χ0) is 13.2. The van der Waals surface area contributed by atoms with Crippen molar-refractivity contribution in [2.75, 3.05) is 33.4 Å². The molecule has 0 atom stereocenters. The first-order chi connectivity index (χ1) is 8.76. The van der Waals surface area contributed by atoms with Crippen molar-refractivity contribution in [2.24, 2.45) is 0 Å². The van der Waals surface area contributed by atoms with Crippen molar-refractivity contribution in [1.29, 1.82) is 0 Å². The topological polar surface area (TPSA) is 21.7 Å². The molecular weight excluding hydrogens is 226 g/mol. The number of ether oxygens (including phenoxy) is 2. The molecule has 1 heterocycles. The summed E-state index contributed by atoms with van der Waals surface area (Å²) in [6.07, 6.45) is 8.79. The molecule has 0 aromatic heterocycles. The number of hydrogen-bond acceptors (Lipinski definition) is 3. The highest BCUT2D eigenvalue weighted by atomic mass is 16.5. The van der Waals surface area contributed by atoms with Crippen LogP contribution in [0.1, 0.15) is 25.7 Å². The molecular formula is C15H25NO2. The third-order valence-electron chi connectivity index (χ3n) is 3.14. The fourth-order valence-electron chi connectivity index (χ4n) is 2.03. The summed E-state index contributed by atoms with van der Waals surface area (Å²) in [5, 5.41) is 0. The first-order valence-corrected chi connectivity index (χ1v) is 6.68. The van der Waals surface area contributed by atoms with Crippen LogP contribution in [0.15, 0.2) is 36.8 Å². The molecule has 1 saturated heterocycles. The van der Waals surface area contributed by atoms with Gasteiger partial charge in [-0.05, 0) is 32.0 Å². The van der Waals surface area contributed by atoms with Crippen LogP contribution in [0.5, 0.6) is 0 Å². The Morgan fingerprint density at radius 3 is 2.44 bits per heavy atom. The van der Waals surface area contributed by atoms with E-state index >= 15 is 0 Å². The molecule has 1 aliphatic rings. The second-order valence-corrected chi connectivity index (χ2v) is 4.53. The van der Waals surface area contributed by atoms with Gasteiger partial charge in [0.2, 0.25) is 0 Å². The summed E-state index contributed by atoms with van der Waals surface area (Å²) >= 11 is 0. The fourth-order valence-corrected chi connectivity index (χ4v) is 2.03. The molecule has 3 heteroatoms. The van der Waals surface area contributed by atoms with Crippen molar-refractivity contribution in [2.45, 2.75) is 25.7 Å². The Bertz CT molecular complexity index is 289. The van der Waals surface area contributed by atoms with Crippen LogP contribution in [0.3, 0.4) is 0 Å². The van der Waals surface area contributed by atoms with Gasteiger partial charge in [0, 0.05) is 12.6 Å². The molecule has 0 aromatic carbocycles. The highest BCUT2D eigenvalue weighted by molar-refractivity contribution is 5.19. The van der Waals surface area contributed by atoms with E-state index in [1.807, 2.05) is 0 Å². The number of methoxy groups -OCH3 is 1. The molecule has 3 nitrogen and oxygen atoms in total. The second kappa shape index (κ2) is 8.81. The predicted molar refractivity (Wildman–Crippen MR) is 75.3 cm³/mol. The lowest BCUT2D eigenvalue weighted by Gasteiger charge is -2.19. The molecule has 18 heavy (non-hydrogen) atoms. The SMILES string of the molecule is C=CC(=CC(=C)OC)OCCN1CCCCCC1. The van der Waals surface area contributed by atoms with Gasteiger partial charge in [0.05, 0.1) is 7.11 Å². The van der Waals surface area contributed by atoms with Crippen molar-refractivity contribution < 1.29 is 9.47 Å². The van der Waals surface area contributed by atoms with Gasteiger partial charge in [0.15, 0.2) is 0 Å². The van der Waals surface area contributed by atoms with Crippen molar-refractivity contribution >= 4 is 0 Å². The highest BCUT2D eigenvalue weighted by Crippen LogP contribution is 2.10. The van der Waals surface area contributed by atoms with Gasteiger partial charge >= 0.3 is 0 Å². The minimum Gasteiger partial charge on any atom is -0.497 e. The largest absolute Gasteiger partial charge is 0.497 e. The summed E-state index contributed by atoms with van der Waals surface area (Å²) in [4.78, 5) is 2.47. The van der Waals surface area contributed by atoms with Gasteiger partial charge in [0.25, 0.3) is 0 Å². The zero-order valence-corrected chi connectivity index (χ0v) is 11.5. The van der Waals surface area contributed by atoms with Gasteiger partial charge in [-0.1, -0.05) is 26.0 Å². The molecule has 0 unspecified atom stereocenters. The average molecular weight is 251 g/mol. The molecule has 0 amide bonds. The number of allylic oxidation sites excluding steroid dienone is 2. The lowest BCUT2D eigenvalue weighted by molar-refractivity contribution is 0.165. The average Bonchev–Trinajstić information content (AvgIpc) is 2.66. The Morgan fingerprint density at radius 2 is 1.89 bits per heavy atom. The predicted octanol–water partition coefficient (Wildman–Crippen LogP) is 3.11. The molecule has 1 rings (SSSR count). The van der Waals surface area contributed by atoms with Gasteiger partial charge in [0.1, 0.15) is 18.1 Å².